The minimum Gasteiger partial charge on any atom is -0.287 e. The summed E-state index contributed by atoms with van der Waals surface area (Å²) >= 11 is 0. The van der Waals surface area contributed by atoms with E-state index in [9.17, 15) is 4.79 Å². The van der Waals surface area contributed by atoms with Gasteiger partial charge in [-0.25, -0.2) is 4.68 Å². The van der Waals surface area contributed by atoms with Crippen molar-refractivity contribution in [3.8, 4) is 5.69 Å². The molecule has 0 spiro atoms. The Labute approximate surface area is 107 Å². The normalized spacial score (nSPS) is 11.6. The molecule has 0 saturated heterocycles. The van der Waals surface area contributed by atoms with Gasteiger partial charge in [-0.05, 0) is 37.1 Å². The molecule has 0 N–H and O–H groups in total. The molecule has 0 aliphatic heterocycles. The van der Waals surface area contributed by atoms with E-state index in [1.54, 1.807) is 16.9 Å². The first-order valence-electron chi connectivity index (χ1n) is 6.07. The topological polar surface area (TPSA) is 34.9 Å². The first-order chi connectivity index (χ1) is 8.77. The molecule has 0 atom stereocenters. The van der Waals surface area contributed by atoms with Crippen LogP contribution in [0.25, 0.3) is 5.69 Å². The second-order valence-corrected chi connectivity index (χ2v) is 3.96. The van der Waals surface area contributed by atoms with Crippen molar-refractivity contribution in [2.45, 2.75) is 20.3 Å². The fraction of sp³-hybridized carbons (Fsp3) is 0.200. The molecule has 18 heavy (non-hydrogen) atoms. The number of ketones is 1. The van der Waals surface area contributed by atoms with Gasteiger partial charge < -0.3 is 0 Å². The highest BCUT2D eigenvalue weighted by atomic mass is 16.1. The Morgan fingerprint density at radius 3 is 2.61 bits per heavy atom. The monoisotopic (exact) mass is 240 g/mol. The van der Waals surface area contributed by atoms with Gasteiger partial charge in [0.05, 0.1) is 11.9 Å². The average Bonchev–Trinajstić information content (AvgIpc) is 2.90. The SMILES string of the molecule is C/C=C(/CC)C(=O)c1ccnn1-c1ccccc1. The molecule has 2 aromatic rings. The van der Waals surface area contributed by atoms with Crippen molar-refractivity contribution in [1.82, 2.24) is 9.78 Å². The van der Waals surface area contributed by atoms with Crippen molar-refractivity contribution in [2.75, 3.05) is 0 Å². The quantitative estimate of drug-likeness (QED) is 0.606. The summed E-state index contributed by atoms with van der Waals surface area (Å²) in [4.78, 5) is 12.3. The molecule has 0 saturated carbocycles. The molecule has 92 valence electrons. The Hall–Kier alpha value is -2.16. The zero-order chi connectivity index (χ0) is 13.0. The Morgan fingerprint density at radius 1 is 1.28 bits per heavy atom. The van der Waals surface area contributed by atoms with Crippen LogP contribution in [0.3, 0.4) is 0 Å². The highest BCUT2D eigenvalue weighted by Crippen LogP contribution is 2.15. The minimum atomic E-state index is 0.0429. The van der Waals surface area contributed by atoms with Crippen molar-refractivity contribution < 1.29 is 4.79 Å². The smallest absolute Gasteiger partial charge is 0.207 e. The van der Waals surface area contributed by atoms with Crippen LogP contribution in [0.1, 0.15) is 30.8 Å². The number of carbonyl (C=O) groups excluding carboxylic acids is 1. The van der Waals surface area contributed by atoms with Gasteiger partial charge in [0.2, 0.25) is 5.78 Å². The third kappa shape index (κ3) is 2.25. The largest absolute Gasteiger partial charge is 0.287 e. The van der Waals surface area contributed by atoms with Crippen LogP contribution in [0.15, 0.2) is 54.2 Å². The van der Waals surface area contributed by atoms with E-state index in [-0.39, 0.29) is 5.78 Å². The summed E-state index contributed by atoms with van der Waals surface area (Å²) in [6, 6.07) is 11.4. The highest BCUT2D eigenvalue weighted by molar-refractivity contribution is 6.07. The summed E-state index contributed by atoms with van der Waals surface area (Å²) in [5.41, 5.74) is 2.32. The van der Waals surface area contributed by atoms with E-state index < -0.39 is 0 Å². The maximum Gasteiger partial charge on any atom is 0.207 e. The predicted molar refractivity (Wildman–Crippen MR) is 71.9 cm³/mol. The maximum absolute atomic E-state index is 12.3. The van der Waals surface area contributed by atoms with Crippen LogP contribution in [0.5, 0.6) is 0 Å². The molecular weight excluding hydrogens is 224 g/mol. The molecule has 0 amide bonds. The van der Waals surface area contributed by atoms with Crippen LogP contribution < -0.4 is 0 Å². The number of benzene rings is 1. The third-order valence-electron chi connectivity index (χ3n) is 2.90. The Kier molecular flexibility index (Phi) is 3.72. The van der Waals surface area contributed by atoms with Gasteiger partial charge >= 0.3 is 0 Å². The average molecular weight is 240 g/mol. The zero-order valence-electron chi connectivity index (χ0n) is 10.6. The van der Waals surface area contributed by atoms with Gasteiger partial charge in [-0.1, -0.05) is 31.2 Å². The number of hydrogen-bond donors (Lipinski definition) is 0. The van der Waals surface area contributed by atoms with E-state index >= 15 is 0 Å². The summed E-state index contributed by atoms with van der Waals surface area (Å²) in [7, 11) is 0. The van der Waals surface area contributed by atoms with Crippen LogP contribution in [0.2, 0.25) is 0 Å². The molecule has 1 heterocycles. The number of aromatic nitrogens is 2. The van der Waals surface area contributed by atoms with E-state index in [0.717, 1.165) is 17.7 Å². The summed E-state index contributed by atoms with van der Waals surface area (Å²) in [6.45, 7) is 3.87. The number of para-hydroxylation sites is 1. The third-order valence-corrected chi connectivity index (χ3v) is 2.90. The second-order valence-electron chi connectivity index (χ2n) is 3.96. The Balaban J connectivity index is 2.43. The molecule has 2 rings (SSSR count). The first kappa shape index (κ1) is 12.3. The lowest BCUT2D eigenvalue weighted by molar-refractivity contribution is 0.102. The molecule has 0 fully saturated rings. The molecule has 0 radical (unpaired) electrons. The Bertz CT molecular complexity index is 567. The molecule has 1 aromatic carbocycles. The molecule has 0 aliphatic carbocycles. The lowest BCUT2D eigenvalue weighted by Gasteiger charge is -2.07. The lowest BCUT2D eigenvalue weighted by Crippen LogP contribution is -2.10. The highest BCUT2D eigenvalue weighted by Gasteiger charge is 2.15. The van der Waals surface area contributed by atoms with Crippen LogP contribution in [0.4, 0.5) is 0 Å². The molecule has 1 aromatic heterocycles. The second kappa shape index (κ2) is 5.45. The van der Waals surface area contributed by atoms with E-state index in [4.69, 9.17) is 0 Å². The van der Waals surface area contributed by atoms with Crippen LogP contribution in [-0.4, -0.2) is 15.6 Å². The standard InChI is InChI=1S/C15H16N2O/c1-3-12(4-2)15(18)14-10-11-16-17(14)13-8-6-5-7-9-13/h3,5-11H,4H2,1-2H3/b12-3-. The van der Waals surface area contributed by atoms with E-state index in [2.05, 4.69) is 5.10 Å². The molecule has 0 bridgehead atoms. The molecule has 3 heteroatoms. The number of carbonyl (C=O) groups is 1. The van der Waals surface area contributed by atoms with Crippen molar-refractivity contribution >= 4 is 5.78 Å². The van der Waals surface area contributed by atoms with Gasteiger partial charge in [-0.3, -0.25) is 4.79 Å². The number of hydrogen-bond acceptors (Lipinski definition) is 2. The van der Waals surface area contributed by atoms with Gasteiger partial charge in [0, 0.05) is 0 Å². The lowest BCUT2D eigenvalue weighted by atomic mass is 10.1. The van der Waals surface area contributed by atoms with E-state index in [1.807, 2.05) is 50.3 Å². The summed E-state index contributed by atoms with van der Waals surface area (Å²) in [5.74, 6) is 0.0429. The van der Waals surface area contributed by atoms with Crippen molar-refractivity contribution in [2.24, 2.45) is 0 Å². The molecule has 0 unspecified atom stereocenters. The van der Waals surface area contributed by atoms with Crippen LogP contribution in [-0.2, 0) is 0 Å². The number of allylic oxidation sites excluding steroid dienone is 2. The zero-order valence-corrected chi connectivity index (χ0v) is 10.6. The summed E-state index contributed by atoms with van der Waals surface area (Å²) in [5, 5.41) is 4.23. The van der Waals surface area contributed by atoms with E-state index in [0.29, 0.717) is 5.69 Å². The fourth-order valence-electron chi connectivity index (χ4n) is 1.91. The van der Waals surface area contributed by atoms with Gasteiger partial charge in [-0.15, -0.1) is 0 Å². The van der Waals surface area contributed by atoms with Gasteiger partial charge in [-0.2, -0.15) is 5.10 Å². The van der Waals surface area contributed by atoms with Crippen molar-refractivity contribution in [1.29, 1.82) is 0 Å². The first-order valence-corrected chi connectivity index (χ1v) is 6.07. The molecule has 3 nitrogen and oxygen atoms in total. The van der Waals surface area contributed by atoms with Gasteiger partial charge in [0.25, 0.3) is 0 Å². The van der Waals surface area contributed by atoms with Crippen molar-refractivity contribution in [3.63, 3.8) is 0 Å². The Morgan fingerprint density at radius 2 is 2.00 bits per heavy atom. The summed E-state index contributed by atoms with van der Waals surface area (Å²) in [6.07, 6.45) is 4.25. The maximum atomic E-state index is 12.3. The number of rotatable bonds is 4. The predicted octanol–water partition coefficient (Wildman–Crippen LogP) is 3.41. The minimum absolute atomic E-state index is 0.0429. The summed E-state index contributed by atoms with van der Waals surface area (Å²) < 4.78 is 1.68. The van der Waals surface area contributed by atoms with E-state index in [1.165, 1.54) is 0 Å². The number of nitrogens with zero attached hydrogens (tertiary/aromatic N) is 2. The molecular formula is C15H16N2O. The van der Waals surface area contributed by atoms with Crippen LogP contribution in [0, 0.1) is 0 Å². The van der Waals surface area contributed by atoms with Gasteiger partial charge in [0.15, 0.2) is 0 Å². The van der Waals surface area contributed by atoms with Gasteiger partial charge in [0.1, 0.15) is 5.69 Å². The van der Waals surface area contributed by atoms with Crippen LogP contribution >= 0.6 is 0 Å². The number of Topliss-reactive ketones (excluding diaryl/α,β-unsaturated/α-hetero) is 1. The van der Waals surface area contributed by atoms with Crippen molar-refractivity contribution in [3.05, 3.63) is 59.9 Å². The fourth-order valence-corrected chi connectivity index (χ4v) is 1.91. The molecule has 0 aliphatic rings.